The lowest BCUT2D eigenvalue weighted by Crippen LogP contribution is -2.23. The normalized spacial score (nSPS) is 10.3. The molecule has 2 N–H and O–H groups in total. The topological polar surface area (TPSA) is 84.9 Å². The SMILES string of the molecule is CCc1ccc(OCCOc2ccccc2CNC(=O)CCC(=O)O)cc1. The molecule has 0 aliphatic rings. The fraction of sp³-hybridized carbons (Fsp3) is 0.333. The summed E-state index contributed by atoms with van der Waals surface area (Å²) in [4.78, 5) is 22.2. The van der Waals surface area contributed by atoms with Crippen molar-refractivity contribution in [3.63, 3.8) is 0 Å². The van der Waals surface area contributed by atoms with Gasteiger partial charge in [0.25, 0.3) is 0 Å². The molecule has 0 aromatic heterocycles. The summed E-state index contributed by atoms with van der Waals surface area (Å²) in [6.45, 7) is 3.17. The monoisotopic (exact) mass is 371 g/mol. The van der Waals surface area contributed by atoms with E-state index in [0.29, 0.717) is 19.0 Å². The first kappa shape index (κ1) is 20.3. The van der Waals surface area contributed by atoms with Crippen LogP contribution in [0.2, 0.25) is 0 Å². The summed E-state index contributed by atoms with van der Waals surface area (Å²) < 4.78 is 11.4. The number of carboxylic acids is 1. The minimum absolute atomic E-state index is 0.0387. The number of hydrogen-bond donors (Lipinski definition) is 2. The third-order valence-corrected chi connectivity index (χ3v) is 3.96. The maximum atomic E-state index is 11.7. The van der Waals surface area contributed by atoms with E-state index in [1.54, 1.807) is 0 Å². The molecule has 0 aliphatic heterocycles. The molecule has 0 saturated carbocycles. The van der Waals surface area contributed by atoms with Crippen molar-refractivity contribution in [1.29, 1.82) is 0 Å². The number of hydrogen-bond acceptors (Lipinski definition) is 4. The molecule has 0 saturated heterocycles. The largest absolute Gasteiger partial charge is 0.490 e. The van der Waals surface area contributed by atoms with Gasteiger partial charge in [-0.1, -0.05) is 37.3 Å². The summed E-state index contributed by atoms with van der Waals surface area (Å²) >= 11 is 0. The average Bonchev–Trinajstić information content (AvgIpc) is 2.69. The molecule has 0 bridgehead atoms. The maximum absolute atomic E-state index is 11.7. The van der Waals surface area contributed by atoms with E-state index in [1.165, 1.54) is 5.56 Å². The molecule has 27 heavy (non-hydrogen) atoms. The highest BCUT2D eigenvalue weighted by molar-refractivity contribution is 5.80. The number of nitrogens with one attached hydrogen (secondary N) is 1. The van der Waals surface area contributed by atoms with Crippen LogP contribution in [0.15, 0.2) is 48.5 Å². The summed E-state index contributed by atoms with van der Waals surface area (Å²) in [5.41, 5.74) is 2.09. The molecule has 2 aromatic carbocycles. The molecule has 0 heterocycles. The summed E-state index contributed by atoms with van der Waals surface area (Å²) in [6.07, 6.45) is 0.774. The Balaban J connectivity index is 1.77. The Hall–Kier alpha value is -3.02. The Labute approximate surface area is 159 Å². The van der Waals surface area contributed by atoms with E-state index >= 15 is 0 Å². The molecule has 0 fully saturated rings. The van der Waals surface area contributed by atoms with Crippen LogP contribution >= 0.6 is 0 Å². The number of carboxylic acid groups (broad SMARTS) is 1. The summed E-state index contributed by atoms with van der Waals surface area (Å²) in [5, 5.41) is 11.3. The number of aliphatic carboxylic acids is 1. The molecule has 6 heteroatoms. The van der Waals surface area contributed by atoms with Crippen molar-refractivity contribution in [2.75, 3.05) is 13.2 Å². The van der Waals surface area contributed by atoms with Gasteiger partial charge in [-0.25, -0.2) is 0 Å². The predicted octanol–water partition coefficient (Wildman–Crippen LogP) is 3.19. The van der Waals surface area contributed by atoms with Crippen LogP contribution in [0.5, 0.6) is 11.5 Å². The molecular weight excluding hydrogens is 346 g/mol. The minimum atomic E-state index is -0.988. The van der Waals surface area contributed by atoms with Crippen LogP contribution in [0.3, 0.4) is 0 Å². The standard InChI is InChI=1S/C21H25NO5/c1-2-16-7-9-18(10-8-16)26-13-14-27-19-6-4-3-5-17(19)15-22-20(23)11-12-21(24)25/h3-10H,2,11-15H2,1H3,(H,22,23)(H,24,25). The molecular formula is C21H25NO5. The van der Waals surface area contributed by atoms with Crippen LogP contribution in [0.1, 0.15) is 30.9 Å². The lowest BCUT2D eigenvalue weighted by atomic mass is 10.2. The Morgan fingerprint density at radius 2 is 1.67 bits per heavy atom. The number of para-hydroxylation sites is 1. The first-order valence-corrected chi connectivity index (χ1v) is 8.99. The summed E-state index contributed by atoms with van der Waals surface area (Å²) in [5.74, 6) is 0.181. The zero-order valence-corrected chi connectivity index (χ0v) is 15.4. The lowest BCUT2D eigenvalue weighted by Gasteiger charge is -2.13. The van der Waals surface area contributed by atoms with E-state index in [-0.39, 0.29) is 25.3 Å². The van der Waals surface area contributed by atoms with Gasteiger partial charge in [0, 0.05) is 18.5 Å². The zero-order valence-electron chi connectivity index (χ0n) is 15.4. The fourth-order valence-electron chi connectivity index (χ4n) is 2.43. The van der Waals surface area contributed by atoms with Gasteiger partial charge in [0.1, 0.15) is 24.7 Å². The van der Waals surface area contributed by atoms with Gasteiger partial charge >= 0.3 is 5.97 Å². The first-order valence-electron chi connectivity index (χ1n) is 8.99. The molecule has 0 spiro atoms. The third-order valence-electron chi connectivity index (χ3n) is 3.96. The summed E-state index contributed by atoms with van der Waals surface area (Å²) in [6, 6.07) is 15.4. The molecule has 1 amide bonds. The minimum Gasteiger partial charge on any atom is -0.490 e. The summed E-state index contributed by atoms with van der Waals surface area (Å²) in [7, 11) is 0. The maximum Gasteiger partial charge on any atom is 0.303 e. The van der Waals surface area contributed by atoms with Crippen molar-refractivity contribution < 1.29 is 24.2 Å². The molecule has 2 rings (SSSR count). The van der Waals surface area contributed by atoms with Crippen molar-refractivity contribution >= 4 is 11.9 Å². The van der Waals surface area contributed by atoms with Crippen LogP contribution in [-0.4, -0.2) is 30.2 Å². The van der Waals surface area contributed by atoms with E-state index in [0.717, 1.165) is 17.7 Å². The third kappa shape index (κ3) is 7.40. The van der Waals surface area contributed by atoms with Gasteiger partial charge in [-0.3, -0.25) is 9.59 Å². The first-order chi connectivity index (χ1) is 13.1. The smallest absolute Gasteiger partial charge is 0.303 e. The van der Waals surface area contributed by atoms with Gasteiger partial charge in [-0.05, 0) is 30.2 Å². The fourth-order valence-corrected chi connectivity index (χ4v) is 2.43. The van der Waals surface area contributed by atoms with Crippen molar-refractivity contribution in [3.05, 3.63) is 59.7 Å². The van der Waals surface area contributed by atoms with Crippen molar-refractivity contribution in [3.8, 4) is 11.5 Å². The van der Waals surface area contributed by atoms with E-state index < -0.39 is 5.97 Å². The highest BCUT2D eigenvalue weighted by Gasteiger charge is 2.08. The molecule has 0 radical (unpaired) electrons. The van der Waals surface area contributed by atoms with Crippen LogP contribution in [0, 0.1) is 0 Å². The molecule has 0 aliphatic carbocycles. The quantitative estimate of drug-likeness (QED) is 0.593. The molecule has 6 nitrogen and oxygen atoms in total. The van der Waals surface area contributed by atoms with Gasteiger partial charge in [0.15, 0.2) is 0 Å². The second-order valence-electron chi connectivity index (χ2n) is 5.97. The second-order valence-corrected chi connectivity index (χ2v) is 5.97. The van der Waals surface area contributed by atoms with E-state index in [1.807, 2.05) is 48.5 Å². The van der Waals surface area contributed by atoms with E-state index in [9.17, 15) is 9.59 Å². The van der Waals surface area contributed by atoms with Crippen LogP contribution < -0.4 is 14.8 Å². The molecule has 0 atom stereocenters. The van der Waals surface area contributed by atoms with Gasteiger partial charge in [-0.2, -0.15) is 0 Å². The van der Waals surface area contributed by atoms with Crippen LogP contribution in [0.25, 0.3) is 0 Å². The Morgan fingerprint density at radius 1 is 0.963 bits per heavy atom. The second kappa shape index (κ2) is 10.9. The van der Waals surface area contributed by atoms with Crippen molar-refractivity contribution in [1.82, 2.24) is 5.32 Å². The average molecular weight is 371 g/mol. The number of carbonyl (C=O) groups excluding carboxylic acids is 1. The zero-order chi connectivity index (χ0) is 19.5. The molecule has 0 unspecified atom stereocenters. The highest BCUT2D eigenvalue weighted by atomic mass is 16.5. The van der Waals surface area contributed by atoms with Crippen LogP contribution in [0.4, 0.5) is 0 Å². The van der Waals surface area contributed by atoms with Crippen LogP contribution in [-0.2, 0) is 22.6 Å². The van der Waals surface area contributed by atoms with Crippen molar-refractivity contribution in [2.24, 2.45) is 0 Å². The van der Waals surface area contributed by atoms with Crippen molar-refractivity contribution in [2.45, 2.75) is 32.7 Å². The predicted molar refractivity (Wildman–Crippen MR) is 102 cm³/mol. The van der Waals surface area contributed by atoms with Gasteiger partial charge in [0.05, 0.1) is 6.42 Å². The molecule has 144 valence electrons. The number of carbonyl (C=O) groups is 2. The number of ether oxygens (including phenoxy) is 2. The number of benzene rings is 2. The number of aryl methyl sites for hydroxylation is 1. The Morgan fingerprint density at radius 3 is 2.37 bits per heavy atom. The number of rotatable bonds is 11. The van der Waals surface area contributed by atoms with Gasteiger partial charge in [0.2, 0.25) is 5.91 Å². The van der Waals surface area contributed by atoms with Gasteiger partial charge in [-0.15, -0.1) is 0 Å². The Kier molecular flexibility index (Phi) is 8.16. The highest BCUT2D eigenvalue weighted by Crippen LogP contribution is 2.18. The van der Waals surface area contributed by atoms with Gasteiger partial charge < -0.3 is 19.9 Å². The van der Waals surface area contributed by atoms with E-state index in [4.69, 9.17) is 14.6 Å². The Bertz CT molecular complexity index is 742. The van der Waals surface area contributed by atoms with E-state index in [2.05, 4.69) is 12.2 Å². The molecule has 2 aromatic rings. The lowest BCUT2D eigenvalue weighted by molar-refractivity contribution is -0.138. The number of amides is 1.